The predicted octanol–water partition coefficient (Wildman–Crippen LogP) is 2.42. The molecule has 0 bridgehead atoms. The largest absolute Gasteiger partial charge is 0.480 e. The Bertz CT molecular complexity index is 1040. The topological polar surface area (TPSA) is 117 Å². The molecule has 9 heteroatoms. The Morgan fingerprint density at radius 2 is 2.16 bits per heavy atom. The summed E-state index contributed by atoms with van der Waals surface area (Å²) in [5, 5.41) is 13.2. The molecule has 0 radical (unpaired) electrons. The van der Waals surface area contributed by atoms with E-state index in [4.69, 9.17) is 21.6 Å². The van der Waals surface area contributed by atoms with Crippen LogP contribution in [0.5, 0.6) is 5.88 Å². The zero-order valence-corrected chi connectivity index (χ0v) is 14.1. The van der Waals surface area contributed by atoms with Gasteiger partial charge in [-0.15, -0.1) is 0 Å². The average molecular weight is 357 g/mol. The molecule has 0 saturated carbocycles. The third-order valence-electron chi connectivity index (χ3n) is 3.57. The van der Waals surface area contributed by atoms with Crippen LogP contribution >= 0.6 is 11.6 Å². The fourth-order valence-electron chi connectivity index (χ4n) is 2.34. The fourth-order valence-corrected chi connectivity index (χ4v) is 2.51. The highest BCUT2D eigenvalue weighted by molar-refractivity contribution is 6.31. The van der Waals surface area contributed by atoms with E-state index in [0.717, 1.165) is 0 Å². The Labute approximate surface area is 147 Å². The maximum absolute atomic E-state index is 12.3. The van der Waals surface area contributed by atoms with Gasteiger partial charge in [-0.2, -0.15) is 10.2 Å². The number of halogens is 1. The summed E-state index contributed by atoms with van der Waals surface area (Å²) in [5.74, 6) is 0.405. The number of nitriles is 1. The molecule has 25 heavy (non-hydrogen) atoms. The molecule has 8 nitrogen and oxygen atoms in total. The van der Waals surface area contributed by atoms with Crippen LogP contribution in [0.25, 0.3) is 11.0 Å². The minimum absolute atomic E-state index is 0.163. The number of fused-ring (bicyclic) bond motifs is 1. The quantitative estimate of drug-likeness (QED) is 0.737. The molecule has 3 aromatic rings. The normalized spacial score (nSPS) is 11.8. The van der Waals surface area contributed by atoms with Crippen molar-refractivity contribution in [2.24, 2.45) is 0 Å². The van der Waals surface area contributed by atoms with Gasteiger partial charge < -0.3 is 15.0 Å². The van der Waals surface area contributed by atoms with Crippen molar-refractivity contribution in [2.45, 2.75) is 13.0 Å². The van der Waals surface area contributed by atoms with Gasteiger partial charge in [-0.25, -0.2) is 9.97 Å². The van der Waals surface area contributed by atoms with Crippen molar-refractivity contribution in [3.63, 3.8) is 0 Å². The van der Waals surface area contributed by atoms with Crippen molar-refractivity contribution in [1.29, 1.82) is 5.26 Å². The van der Waals surface area contributed by atoms with Crippen molar-refractivity contribution < 1.29 is 4.74 Å². The van der Waals surface area contributed by atoms with Gasteiger partial charge in [0.05, 0.1) is 24.4 Å². The van der Waals surface area contributed by atoms with Crippen molar-refractivity contribution in [3.05, 3.63) is 51.0 Å². The Morgan fingerprint density at radius 3 is 2.88 bits per heavy atom. The van der Waals surface area contributed by atoms with Gasteiger partial charge in [-0.3, -0.25) is 4.79 Å². The van der Waals surface area contributed by atoms with Gasteiger partial charge in [-0.1, -0.05) is 11.6 Å². The summed E-state index contributed by atoms with van der Waals surface area (Å²) in [6.45, 7) is 1.79. The molecule has 0 aliphatic heterocycles. The van der Waals surface area contributed by atoms with Crippen LogP contribution in [0.3, 0.4) is 0 Å². The van der Waals surface area contributed by atoms with Gasteiger partial charge in [0.15, 0.2) is 0 Å². The molecule has 3 rings (SSSR count). The standard InChI is InChI=1S/C16H13ClN6O2/c1-8(21-16-20-6-10(5-18)15(23-16)25-2)12-4-9-3-11(17)7-19-13(9)22-14(12)24/h3-4,6-8H,1-2H3,(H,19,22,24)(H,20,21,23). The summed E-state index contributed by atoms with van der Waals surface area (Å²) in [6, 6.07) is 4.98. The summed E-state index contributed by atoms with van der Waals surface area (Å²) in [4.78, 5) is 27.3. The number of methoxy groups -OCH3 is 1. The maximum atomic E-state index is 12.3. The Kier molecular flexibility index (Phi) is 4.50. The zero-order chi connectivity index (χ0) is 18.0. The lowest BCUT2D eigenvalue weighted by Gasteiger charge is -2.14. The number of nitrogens with one attached hydrogen (secondary N) is 2. The van der Waals surface area contributed by atoms with E-state index in [1.54, 1.807) is 19.1 Å². The lowest BCUT2D eigenvalue weighted by Crippen LogP contribution is -2.20. The van der Waals surface area contributed by atoms with Crippen LogP contribution in [0.15, 0.2) is 29.3 Å². The van der Waals surface area contributed by atoms with Gasteiger partial charge in [0, 0.05) is 17.1 Å². The number of aromatic nitrogens is 4. The zero-order valence-electron chi connectivity index (χ0n) is 13.4. The van der Waals surface area contributed by atoms with Crippen molar-refractivity contribution in [3.8, 4) is 11.9 Å². The summed E-state index contributed by atoms with van der Waals surface area (Å²) in [5.41, 5.74) is 0.887. The van der Waals surface area contributed by atoms with E-state index < -0.39 is 6.04 Å². The summed E-state index contributed by atoms with van der Waals surface area (Å²) in [6.07, 6.45) is 2.83. The smallest absolute Gasteiger partial charge is 0.254 e. The third kappa shape index (κ3) is 3.36. The molecule has 0 amide bonds. The number of H-pyrrole nitrogens is 1. The van der Waals surface area contributed by atoms with Crippen LogP contribution in [0.4, 0.5) is 5.95 Å². The van der Waals surface area contributed by atoms with E-state index in [-0.39, 0.29) is 23.0 Å². The van der Waals surface area contributed by atoms with Crippen LogP contribution in [-0.4, -0.2) is 27.0 Å². The first-order chi connectivity index (χ1) is 12.0. The SMILES string of the molecule is COc1nc(NC(C)c2cc3cc(Cl)cnc3[nH]c2=O)ncc1C#N. The first-order valence-corrected chi connectivity index (χ1v) is 7.65. The Hall–Kier alpha value is -3.18. The summed E-state index contributed by atoms with van der Waals surface area (Å²) in [7, 11) is 1.42. The van der Waals surface area contributed by atoms with E-state index in [1.165, 1.54) is 19.5 Å². The van der Waals surface area contributed by atoms with Crippen molar-refractivity contribution in [1.82, 2.24) is 19.9 Å². The molecule has 2 N–H and O–H groups in total. The van der Waals surface area contributed by atoms with E-state index >= 15 is 0 Å². The molecule has 0 aliphatic rings. The van der Waals surface area contributed by atoms with E-state index in [2.05, 4.69) is 25.3 Å². The number of hydrogen-bond acceptors (Lipinski definition) is 7. The highest BCUT2D eigenvalue weighted by Crippen LogP contribution is 2.21. The fraction of sp³-hybridized carbons (Fsp3) is 0.188. The number of aromatic amines is 1. The molecule has 1 atom stereocenters. The number of nitrogens with zero attached hydrogens (tertiary/aromatic N) is 4. The van der Waals surface area contributed by atoms with Crippen LogP contribution in [-0.2, 0) is 0 Å². The highest BCUT2D eigenvalue weighted by Gasteiger charge is 2.14. The predicted molar refractivity (Wildman–Crippen MR) is 92.7 cm³/mol. The van der Waals surface area contributed by atoms with Crippen LogP contribution in [0, 0.1) is 11.3 Å². The van der Waals surface area contributed by atoms with Gasteiger partial charge in [0.25, 0.3) is 5.56 Å². The van der Waals surface area contributed by atoms with Crippen molar-refractivity contribution in [2.75, 3.05) is 12.4 Å². The van der Waals surface area contributed by atoms with E-state index in [1.807, 2.05) is 6.07 Å². The van der Waals surface area contributed by atoms with E-state index in [0.29, 0.717) is 21.6 Å². The molecule has 0 aromatic carbocycles. The molecular formula is C16H13ClN6O2. The highest BCUT2D eigenvalue weighted by atomic mass is 35.5. The second-order valence-corrected chi connectivity index (χ2v) is 5.68. The Morgan fingerprint density at radius 1 is 1.36 bits per heavy atom. The van der Waals surface area contributed by atoms with Crippen LogP contribution in [0.1, 0.15) is 24.1 Å². The van der Waals surface area contributed by atoms with Gasteiger partial charge in [0.2, 0.25) is 11.8 Å². The molecule has 0 spiro atoms. The van der Waals surface area contributed by atoms with Crippen LogP contribution in [0.2, 0.25) is 5.02 Å². The average Bonchev–Trinajstić information content (AvgIpc) is 2.61. The van der Waals surface area contributed by atoms with Gasteiger partial charge in [-0.05, 0) is 19.1 Å². The Balaban J connectivity index is 1.94. The molecule has 0 fully saturated rings. The minimum atomic E-state index is -0.398. The van der Waals surface area contributed by atoms with Gasteiger partial charge >= 0.3 is 0 Å². The molecule has 3 heterocycles. The lowest BCUT2D eigenvalue weighted by atomic mass is 10.1. The number of rotatable bonds is 4. The number of anilines is 1. The number of pyridine rings is 2. The minimum Gasteiger partial charge on any atom is -0.480 e. The van der Waals surface area contributed by atoms with Crippen molar-refractivity contribution >= 4 is 28.6 Å². The third-order valence-corrected chi connectivity index (χ3v) is 3.78. The maximum Gasteiger partial charge on any atom is 0.254 e. The first-order valence-electron chi connectivity index (χ1n) is 7.28. The van der Waals surface area contributed by atoms with E-state index in [9.17, 15) is 4.79 Å². The molecule has 126 valence electrons. The lowest BCUT2D eigenvalue weighted by molar-refractivity contribution is 0.396. The summed E-state index contributed by atoms with van der Waals surface area (Å²) >= 11 is 5.95. The monoisotopic (exact) mass is 356 g/mol. The number of ether oxygens (including phenoxy) is 1. The molecule has 1 unspecified atom stereocenters. The first kappa shape index (κ1) is 16.7. The molecular weight excluding hydrogens is 344 g/mol. The molecule has 3 aromatic heterocycles. The molecule has 0 aliphatic carbocycles. The second-order valence-electron chi connectivity index (χ2n) is 5.24. The van der Waals surface area contributed by atoms with Gasteiger partial charge in [0.1, 0.15) is 17.3 Å². The van der Waals surface area contributed by atoms with Crippen LogP contribution < -0.4 is 15.6 Å². The molecule has 0 saturated heterocycles. The second kappa shape index (κ2) is 6.75. The summed E-state index contributed by atoms with van der Waals surface area (Å²) < 4.78 is 5.05. The number of hydrogen-bond donors (Lipinski definition) is 2.